The predicted molar refractivity (Wildman–Crippen MR) is 92.5 cm³/mol. The SMILES string of the molecule is C[C@H](Sc1ccccc1)C(=O)OCC(=O)Nc1ccccc1C#N. The molecule has 24 heavy (non-hydrogen) atoms. The van der Waals surface area contributed by atoms with Crippen molar-refractivity contribution in [2.24, 2.45) is 0 Å². The van der Waals surface area contributed by atoms with Gasteiger partial charge in [0.05, 0.1) is 11.3 Å². The molecular weight excluding hydrogens is 324 g/mol. The maximum absolute atomic E-state index is 12.0. The first-order chi connectivity index (χ1) is 11.6. The smallest absolute Gasteiger partial charge is 0.319 e. The zero-order valence-corrected chi connectivity index (χ0v) is 13.9. The molecule has 0 unspecified atom stereocenters. The molecule has 2 rings (SSSR count). The van der Waals surface area contributed by atoms with Gasteiger partial charge in [0.25, 0.3) is 5.91 Å². The molecule has 0 bridgehead atoms. The zero-order valence-electron chi connectivity index (χ0n) is 13.1. The fraction of sp³-hybridized carbons (Fsp3) is 0.167. The highest BCUT2D eigenvalue weighted by atomic mass is 32.2. The lowest BCUT2D eigenvalue weighted by Crippen LogP contribution is -2.25. The molecule has 0 fully saturated rings. The van der Waals surface area contributed by atoms with Crippen LogP contribution in [-0.4, -0.2) is 23.7 Å². The molecule has 0 aliphatic heterocycles. The molecule has 1 atom stereocenters. The molecule has 6 heteroatoms. The van der Waals surface area contributed by atoms with Gasteiger partial charge >= 0.3 is 5.97 Å². The second-order valence-corrected chi connectivity index (χ2v) is 6.30. The molecule has 0 aliphatic carbocycles. The van der Waals surface area contributed by atoms with Gasteiger partial charge in [0.1, 0.15) is 11.3 Å². The summed E-state index contributed by atoms with van der Waals surface area (Å²) in [6.45, 7) is 1.33. The number of nitriles is 1. The number of hydrogen-bond acceptors (Lipinski definition) is 5. The van der Waals surface area contributed by atoms with E-state index in [9.17, 15) is 9.59 Å². The average molecular weight is 340 g/mol. The highest BCUT2D eigenvalue weighted by molar-refractivity contribution is 8.00. The molecule has 0 heterocycles. The molecule has 0 saturated carbocycles. The van der Waals surface area contributed by atoms with Crippen LogP contribution in [0.1, 0.15) is 12.5 Å². The van der Waals surface area contributed by atoms with E-state index in [1.165, 1.54) is 11.8 Å². The second-order valence-electron chi connectivity index (χ2n) is 4.89. The quantitative estimate of drug-likeness (QED) is 0.645. The Morgan fingerprint density at radius 3 is 2.54 bits per heavy atom. The number of anilines is 1. The van der Waals surface area contributed by atoms with E-state index in [0.29, 0.717) is 11.3 Å². The third-order valence-corrected chi connectivity index (χ3v) is 4.15. The number of rotatable bonds is 6. The van der Waals surface area contributed by atoms with E-state index in [1.54, 1.807) is 31.2 Å². The summed E-state index contributed by atoms with van der Waals surface area (Å²) in [4.78, 5) is 24.8. The molecule has 0 spiro atoms. The van der Waals surface area contributed by atoms with Gasteiger partial charge in [0.2, 0.25) is 0 Å². The number of benzene rings is 2. The molecule has 2 aromatic rings. The molecule has 2 aromatic carbocycles. The average Bonchev–Trinajstić information content (AvgIpc) is 2.61. The molecule has 0 saturated heterocycles. The van der Waals surface area contributed by atoms with Crippen LogP contribution in [0.5, 0.6) is 0 Å². The van der Waals surface area contributed by atoms with Crippen LogP contribution in [0.15, 0.2) is 59.5 Å². The van der Waals surface area contributed by atoms with Crippen molar-refractivity contribution < 1.29 is 14.3 Å². The van der Waals surface area contributed by atoms with Crippen molar-refractivity contribution in [3.8, 4) is 6.07 Å². The Balaban J connectivity index is 1.83. The van der Waals surface area contributed by atoms with Gasteiger partial charge in [0.15, 0.2) is 6.61 Å². The van der Waals surface area contributed by atoms with Gasteiger partial charge in [-0.25, -0.2) is 0 Å². The van der Waals surface area contributed by atoms with Crippen LogP contribution in [0.2, 0.25) is 0 Å². The number of carbonyl (C=O) groups is 2. The number of amides is 1. The Hall–Kier alpha value is -2.78. The van der Waals surface area contributed by atoms with Crippen LogP contribution < -0.4 is 5.32 Å². The molecule has 122 valence electrons. The van der Waals surface area contributed by atoms with Crippen LogP contribution in [0, 0.1) is 11.3 Å². The normalized spacial score (nSPS) is 11.2. The topological polar surface area (TPSA) is 79.2 Å². The lowest BCUT2D eigenvalue weighted by Gasteiger charge is -2.11. The highest BCUT2D eigenvalue weighted by Gasteiger charge is 2.17. The number of thioether (sulfide) groups is 1. The van der Waals surface area contributed by atoms with E-state index in [4.69, 9.17) is 10.00 Å². The van der Waals surface area contributed by atoms with Gasteiger partial charge < -0.3 is 10.1 Å². The maximum Gasteiger partial charge on any atom is 0.319 e. The summed E-state index contributed by atoms with van der Waals surface area (Å²) in [5.74, 6) is -0.949. The summed E-state index contributed by atoms with van der Waals surface area (Å²) < 4.78 is 5.03. The zero-order chi connectivity index (χ0) is 17.4. The first-order valence-electron chi connectivity index (χ1n) is 7.27. The monoisotopic (exact) mass is 340 g/mol. The minimum Gasteiger partial charge on any atom is -0.455 e. The third-order valence-electron chi connectivity index (χ3n) is 3.06. The standard InChI is InChI=1S/C18H16N2O3S/c1-13(24-15-8-3-2-4-9-15)18(22)23-12-17(21)20-16-10-6-5-7-14(16)11-19/h2-10,13H,12H2,1H3,(H,20,21)/t13-/m0/s1. The van der Waals surface area contributed by atoms with Crippen LogP contribution in [-0.2, 0) is 14.3 Å². The predicted octanol–water partition coefficient (Wildman–Crippen LogP) is 3.22. The largest absolute Gasteiger partial charge is 0.455 e. The first kappa shape index (κ1) is 17.6. The number of esters is 1. The van der Waals surface area contributed by atoms with Crippen LogP contribution in [0.25, 0.3) is 0 Å². The molecule has 0 aliphatic rings. The Morgan fingerprint density at radius 1 is 1.17 bits per heavy atom. The summed E-state index contributed by atoms with van der Waals surface area (Å²) in [7, 11) is 0. The molecule has 0 aromatic heterocycles. The lowest BCUT2D eigenvalue weighted by atomic mass is 10.2. The molecule has 1 amide bonds. The van der Waals surface area contributed by atoms with Crippen molar-refractivity contribution in [3.63, 3.8) is 0 Å². The summed E-state index contributed by atoms with van der Waals surface area (Å²) in [6.07, 6.45) is 0. The Labute approximate surface area is 144 Å². The molecule has 1 N–H and O–H groups in total. The second kappa shape index (κ2) is 8.75. The minimum absolute atomic E-state index is 0.352. The van der Waals surface area contributed by atoms with E-state index in [0.717, 1.165) is 4.90 Å². The van der Waals surface area contributed by atoms with Gasteiger partial charge in [-0.3, -0.25) is 9.59 Å². The number of nitrogens with one attached hydrogen (secondary N) is 1. The van der Waals surface area contributed by atoms with Crippen molar-refractivity contribution in [3.05, 3.63) is 60.2 Å². The van der Waals surface area contributed by atoms with E-state index >= 15 is 0 Å². The van der Waals surface area contributed by atoms with Gasteiger partial charge in [0, 0.05) is 4.90 Å². The number of para-hydroxylation sites is 1. The number of nitrogens with zero attached hydrogens (tertiary/aromatic N) is 1. The van der Waals surface area contributed by atoms with Crippen molar-refractivity contribution in [2.45, 2.75) is 17.1 Å². The molecule has 0 radical (unpaired) electrons. The summed E-state index contributed by atoms with van der Waals surface area (Å²) in [5.41, 5.74) is 0.748. The molecular formula is C18H16N2O3S. The van der Waals surface area contributed by atoms with Crippen LogP contribution in [0.4, 0.5) is 5.69 Å². The van der Waals surface area contributed by atoms with Crippen molar-refractivity contribution in [2.75, 3.05) is 11.9 Å². The van der Waals surface area contributed by atoms with Gasteiger partial charge in [-0.1, -0.05) is 30.3 Å². The fourth-order valence-corrected chi connectivity index (χ4v) is 2.77. The molecule has 5 nitrogen and oxygen atoms in total. The number of hydrogen-bond donors (Lipinski definition) is 1. The Morgan fingerprint density at radius 2 is 1.83 bits per heavy atom. The van der Waals surface area contributed by atoms with Gasteiger partial charge in [-0.2, -0.15) is 5.26 Å². The van der Waals surface area contributed by atoms with E-state index in [-0.39, 0.29) is 0 Å². The first-order valence-corrected chi connectivity index (χ1v) is 8.15. The summed E-state index contributed by atoms with van der Waals surface area (Å²) in [5, 5.41) is 11.1. The highest BCUT2D eigenvalue weighted by Crippen LogP contribution is 2.23. The minimum atomic E-state index is -0.483. The van der Waals surface area contributed by atoms with Crippen molar-refractivity contribution in [1.29, 1.82) is 5.26 Å². The van der Waals surface area contributed by atoms with E-state index < -0.39 is 23.7 Å². The van der Waals surface area contributed by atoms with Crippen molar-refractivity contribution in [1.82, 2.24) is 0 Å². The third kappa shape index (κ3) is 5.14. The summed E-state index contributed by atoms with van der Waals surface area (Å²) >= 11 is 1.36. The lowest BCUT2D eigenvalue weighted by molar-refractivity contribution is -0.146. The Bertz CT molecular complexity index is 756. The fourth-order valence-electron chi connectivity index (χ4n) is 1.88. The van der Waals surface area contributed by atoms with Gasteiger partial charge in [-0.05, 0) is 31.2 Å². The number of ether oxygens (including phenoxy) is 1. The number of carbonyl (C=O) groups excluding carboxylic acids is 2. The van der Waals surface area contributed by atoms with Crippen LogP contribution >= 0.6 is 11.8 Å². The van der Waals surface area contributed by atoms with E-state index in [2.05, 4.69) is 5.32 Å². The maximum atomic E-state index is 12.0. The summed E-state index contributed by atoms with van der Waals surface area (Å²) in [6, 6.07) is 18.1. The van der Waals surface area contributed by atoms with Crippen LogP contribution in [0.3, 0.4) is 0 Å². The van der Waals surface area contributed by atoms with Crippen molar-refractivity contribution >= 4 is 29.3 Å². The van der Waals surface area contributed by atoms with Gasteiger partial charge in [-0.15, -0.1) is 11.8 Å². The van der Waals surface area contributed by atoms with E-state index in [1.807, 2.05) is 36.4 Å². The Kier molecular flexibility index (Phi) is 6.41.